The zero-order valence-corrected chi connectivity index (χ0v) is 21.9. The lowest BCUT2D eigenvalue weighted by atomic mass is 10.0. The summed E-state index contributed by atoms with van der Waals surface area (Å²) in [4.78, 5) is 54.2. The quantitative estimate of drug-likeness (QED) is 0.179. The van der Waals surface area contributed by atoms with Gasteiger partial charge in [-0.3, -0.25) is 14.4 Å². The Morgan fingerprint density at radius 2 is 1.92 bits per heavy atom. The predicted octanol–water partition coefficient (Wildman–Crippen LogP) is 2.77. The minimum absolute atomic E-state index is 0.00396. The highest BCUT2D eigenvalue weighted by Crippen LogP contribution is 2.40. The minimum Gasteiger partial charge on any atom is -0.466 e. The monoisotopic (exact) mass is 507 g/mol. The largest absolute Gasteiger partial charge is 0.466 e. The lowest BCUT2D eigenvalue weighted by Crippen LogP contribution is -2.52. The van der Waals surface area contributed by atoms with Crippen LogP contribution in [-0.4, -0.2) is 77.5 Å². The molecule has 2 aliphatic rings. The average Bonchev–Trinajstić information content (AvgIpc) is 3.47. The number of aliphatic hydroxyl groups excluding tert-OH is 1. The Balaban J connectivity index is 1.87. The SMILES string of the molecule is C=NC(=O)[C@@H]1C[C@@H](O)CN1C(=O)[C@H](CCCCC/C=C\[C@@H]1C[C@@H]1C(=O)OCC)NC(=O)OC(C)(C)C. The number of rotatable bonds is 12. The number of carbonyl (C=O) groups excluding carboxylic acids is 4. The molecular weight excluding hydrogens is 466 g/mol. The molecule has 10 nitrogen and oxygen atoms in total. The number of hydrogen-bond acceptors (Lipinski definition) is 7. The summed E-state index contributed by atoms with van der Waals surface area (Å²) in [6.07, 6.45) is 7.13. The van der Waals surface area contributed by atoms with Gasteiger partial charge in [0, 0.05) is 13.0 Å². The number of hydrogen-bond donors (Lipinski definition) is 2. The molecule has 0 bridgehead atoms. The molecule has 1 saturated carbocycles. The van der Waals surface area contributed by atoms with Gasteiger partial charge in [0.05, 0.1) is 18.6 Å². The average molecular weight is 508 g/mol. The third-order valence-electron chi connectivity index (χ3n) is 6.17. The number of allylic oxidation sites excluding steroid dienone is 2. The van der Waals surface area contributed by atoms with E-state index in [0.29, 0.717) is 19.4 Å². The summed E-state index contributed by atoms with van der Waals surface area (Å²) in [5, 5.41) is 12.7. The Hall–Kier alpha value is -2.75. The molecular formula is C26H41N3O7. The van der Waals surface area contributed by atoms with Gasteiger partial charge in [0.25, 0.3) is 5.91 Å². The van der Waals surface area contributed by atoms with Crippen LogP contribution in [0.15, 0.2) is 17.1 Å². The van der Waals surface area contributed by atoms with Crippen molar-refractivity contribution >= 4 is 30.6 Å². The van der Waals surface area contributed by atoms with Crippen molar-refractivity contribution < 1.29 is 33.8 Å². The number of nitrogens with one attached hydrogen (secondary N) is 1. The molecule has 202 valence electrons. The summed E-state index contributed by atoms with van der Waals surface area (Å²) in [7, 11) is 0. The fraction of sp³-hybridized carbons (Fsp3) is 0.731. The molecule has 1 saturated heterocycles. The molecule has 0 aromatic carbocycles. The van der Waals surface area contributed by atoms with Gasteiger partial charge in [0.2, 0.25) is 5.91 Å². The minimum atomic E-state index is -0.891. The van der Waals surface area contributed by atoms with Crippen LogP contribution in [0.2, 0.25) is 0 Å². The summed E-state index contributed by atoms with van der Waals surface area (Å²) < 4.78 is 10.4. The number of aliphatic imine (C=N–C) groups is 1. The molecule has 2 N–H and O–H groups in total. The highest BCUT2D eigenvalue weighted by atomic mass is 16.6. The van der Waals surface area contributed by atoms with Crippen LogP contribution in [-0.2, 0) is 23.9 Å². The lowest BCUT2D eigenvalue weighted by molar-refractivity contribution is -0.144. The molecule has 1 heterocycles. The van der Waals surface area contributed by atoms with Crippen molar-refractivity contribution in [3.63, 3.8) is 0 Å². The molecule has 5 atom stereocenters. The maximum Gasteiger partial charge on any atom is 0.408 e. The van der Waals surface area contributed by atoms with E-state index in [1.807, 2.05) is 0 Å². The number of alkyl carbamates (subject to hydrolysis) is 1. The van der Waals surface area contributed by atoms with Crippen LogP contribution in [0.5, 0.6) is 0 Å². The van der Waals surface area contributed by atoms with Crippen LogP contribution in [0.25, 0.3) is 0 Å². The van der Waals surface area contributed by atoms with Crippen molar-refractivity contribution in [2.75, 3.05) is 13.2 Å². The Morgan fingerprint density at radius 1 is 1.19 bits per heavy atom. The van der Waals surface area contributed by atoms with Gasteiger partial charge in [0.15, 0.2) is 0 Å². The Kier molecular flexibility index (Phi) is 11.1. The number of carbonyl (C=O) groups is 4. The summed E-state index contributed by atoms with van der Waals surface area (Å²) in [6, 6.07) is -1.78. The first-order chi connectivity index (χ1) is 17.0. The molecule has 2 fully saturated rings. The van der Waals surface area contributed by atoms with Gasteiger partial charge in [-0.25, -0.2) is 9.79 Å². The number of amides is 3. The summed E-state index contributed by atoms with van der Waals surface area (Å²) in [6.45, 7) is 10.6. The molecule has 1 aliphatic heterocycles. The fourth-order valence-corrected chi connectivity index (χ4v) is 4.31. The van der Waals surface area contributed by atoms with E-state index in [2.05, 4.69) is 29.2 Å². The van der Waals surface area contributed by atoms with E-state index in [9.17, 15) is 24.3 Å². The number of esters is 1. The van der Waals surface area contributed by atoms with Crippen LogP contribution in [0, 0.1) is 11.8 Å². The van der Waals surface area contributed by atoms with Gasteiger partial charge < -0.3 is 24.8 Å². The van der Waals surface area contributed by atoms with E-state index in [4.69, 9.17) is 9.47 Å². The second-order valence-corrected chi connectivity index (χ2v) is 10.4. The normalized spacial score (nSPS) is 24.3. The lowest BCUT2D eigenvalue weighted by Gasteiger charge is -2.28. The van der Waals surface area contributed by atoms with Crippen LogP contribution >= 0.6 is 0 Å². The maximum absolute atomic E-state index is 13.3. The van der Waals surface area contributed by atoms with E-state index in [0.717, 1.165) is 25.7 Å². The van der Waals surface area contributed by atoms with Gasteiger partial charge in [-0.2, -0.15) is 0 Å². The first kappa shape index (κ1) is 29.5. The zero-order valence-electron chi connectivity index (χ0n) is 21.9. The van der Waals surface area contributed by atoms with Gasteiger partial charge in [-0.05, 0) is 66.0 Å². The molecule has 0 unspecified atom stereocenters. The van der Waals surface area contributed by atoms with Gasteiger partial charge in [-0.1, -0.05) is 25.0 Å². The summed E-state index contributed by atoms with van der Waals surface area (Å²) >= 11 is 0. The molecule has 10 heteroatoms. The van der Waals surface area contributed by atoms with Crippen molar-refractivity contribution in [3.8, 4) is 0 Å². The standard InChI is InChI=1S/C26H41N3O7/c1-6-35-24(33)19-14-17(19)12-10-8-7-9-11-13-20(28-25(34)36-26(2,3)4)23(32)29-16-18(30)15-21(29)22(31)27-5/h10,12,17-21,30H,5-9,11,13-16H2,1-4H3,(H,28,34)/b12-10-/t17-,18-,19+,20+,21+/m1/s1. The van der Waals surface area contributed by atoms with Gasteiger partial charge in [0.1, 0.15) is 17.7 Å². The molecule has 0 aromatic rings. The zero-order chi connectivity index (χ0) is 26.9. The second kappa shape index (κ2) is 13.5. The van der Waals surface area contributed by atoms with Gasteiger partial charge in [-0.15, -0.1) is 0 Å². The number of unbranched alkanes of at least 4 members (excludes halogenated alkanes) is 3. The van der Waals surface area contributed by atoms with E-state index in [1.165, 1.54) is 4.90 Å². The van der Waals surface area contributed by atoms with E-state index in [1.54, 1.807) is 27.7 Å². The van der Waals surface area contributed by atoms with Crippen molar-refractivity contribution in [3.05, 3.63) is 12.2 Å². The molecule has 3 amide bonds. The number of nitrogens with zero attached hydrogens (tertiary/aromatic N) is 2. The van der Waals surface area contributed by atoms with Crippen molar-refractivity contribution in [2.24, 2.45) is 16.8 Å². The topological polar surface area (TPSA) is 135 Å². The smallest absolute Gasteiger partial charge is 0.408 e. The Morgan fingerprint density at radius 3 is 2.56 bits per heavy atom. The third kappa shape index (κ3) is 9.37. The van der Waals surface area contributed by atoms with Crippen molar-refractivity contribution in [1.29, 1.82) is 0 Å². The summed E-state index contributed by atoms with van der Waals surface area (Å²) in [5.74, 6) is -0.899. The van der Waals surface area contributed by atoms with E-state index in [-0.39, 0.29) is 30.8 Å². The third-order valence-corrected chi connectivity index (χ3v) is 6.17. The van der Waals surface area contributed by atoms with Crippen LogP contribution < -0.4 is 5.32 Å². The van der Waals surface area contributed by atoms with Crippen LogP contribution in [0.3, 0.4) is 0 Å². The molecule has 36 heavy (non-hydrogen) atoms. The van der Waals surface area contributed by atoms with E-state index >= 15 is 0 Å². The first-order valence-electron chi connectivity index (χ1n) is 12.8. The number of likely N-dealkylation sites (tertiary alicyclic amines) is 1. The van der Waals surface area contributed by atoms with Gasteiger partial charge >= 0.3 is 12.1 Å². The van der Waals surface area contributed by atoms with Crippen LogP contribution in [0.4, 0.5) is 4.79 Å². The Labute approximate surface area is 213 Å². The first-order valence-corrected chi connectivity index (χ1v) is 12.8. The van der Waals surface area contributed by atoms with Crippen molar-refractivity contribution in [1.82, 2.24) is 10.2 Å². The van der Waals surface area contributed by atoms with E-state index < -0.39 is 41.7 Å². The highest BCUT2D eigenvalue weighted by Gasteiger charge is 2.42. The molecule has 0 aromatic heterocycles. The maximum atomic E-state index is 13.3. The fourth-order valence-electron chi connectivity index (χ4n) is 4.31. The number of aliphatic hydroxyl groups is 1. The number of ether oxygens (including phenoxy) is 2. The molecule has 1 aliphatic carbocycles. The summed E-state index contributed by atoms with van der Waals surface area (Å²) in [5.41, 5.74) is -0.729. The number of β-amino-alcohol motifs (C(OH)–C–C–N with tert-alkyl or cyclic N) is 1. The highest BCUT2D eigenvalue weighted by molar-refractivity contribution is 5.93. The Bertz CT molecular complexity index is 836. The van der Waals surface area contributed by atoms with Crippen molar-refractivity contribution in [2.45, 2.75) is 96.4 Å². The molecule has 0 spiro atoms. The molecule has 2 rings (SSSR count). The molecule has 0 radical (unpaired) electrons. The second-order valence-electron chi connectivity index (χ2n) is 10.4. The van der Waals surface area contributed by atoms with Crippen LogP contribution in [0.1, 0.15) is 72.6 Å². The predicted molar refractivity (Wildman–Crippen MR) is 134 cm³/mol.